The molecule has 0 fully saturated rings. The number of aromatic nitrogens is 1. The Labute approximate surface area is 133 Å². The van der Waals surface area contributed by atoms with Crippen LogP contribution < -0.4 is 10.6 Å². The van der Waals surface area contributed by atoms with Gasteiger partial charge in [0.15, 0.2) is 5.82 Å². The Kier molecular flexibility index (Phi) is 4.77. The highest BCUT2D eigenvalue weighted by Gasteiger charge is 2.14. The van der Waals surface area contributed by atoms with Crippen molar-refractivity contribution in [3.63, 3.8) is 0 Å². The molecule has 20 heavy (non-hydrogen) atoms. The van der Waals surface area contributed by atoms with E-state index < -0.39 is 5.82 Å². The van der Waals surface area contributed by atoms with Gasteiger partial charge in [0.2, 0.25) is 0 Å². The molecule has 2 aromatic rings. The summed E-state index contributed by atoms with van der Waals surface area (Å²) < 4.78 is 13.5. The van der Waals surface area contributed by atoms with E-state index in [0.29, 0.717) is 25.8 Å². The molecule has 0 atom stereocenters. The number of nitrogens with one attached hydrogen (secondary N) is 2. The summed E-state index contributed by atoms with van der Waals surface area (Å²) in [6, 6.07) is 6.89. The molecule has 0 unspecified atom stereocenters. The molecule has 7 heteroatoms. The van der Waals surface area contributed by atoms with Gasteiger partial charge >= 0.3 is 0 Å². The van der Waals surface area contributed by atoms with Gasteiger partial charge in [0.25, 0.3) is 5.91 Å². The SMILES string of the molecule is CNc1nc(I)cc(Cl)c1NC(=O)c1ccc(F)cc1. The highest BCUT2D eigenvalue weighted by molar-refractivity contribution is 14.1. The van der Waals surface area contributed by atoms with Crippen molar-refractivity contribution < 1.29 is 9.18 Å². The molecule has 1 aromatic heterocycles. The summed E-state index contributed by atoms with van der Waals surface area (Å²) in [6.07, 6.45) is 0. The molecule has 0 spiro atoms. The van der Waals surface area contributed by atoms with Gasteiger partial charge in [-0.1, -0.05) is 11.6 Å². The van der Waals surface area contributed by atoms with Crippen LogP contribution in [0.1, 0.15) is 10.4 Å². The second kappa shape index (κ2) is 6.36. The van der Waals surface area contributed by atoms with Gasteiger partial charge in [-0.15, -0.1) is 0 Å². The molecule has 1 aromatic carbocycles. The number of nitrogens with zero attached hydrogens (tertiary/aromatic N) is 1. The fraction of sp³-hybridized carbons (Fsp3) is 0.0769. The molecule has 0 aliphatic rings. The lowest BCUT2D eigenvalue weighted by molar-refractivity contribution is 0.102. The smallest absolute Gasteiger partial charge is 0.255 e. The number of rotatable bonds is 3. The largest absolute Gasteiger partial charge is 0.371 e. The zero-order valence-electron chi connectivity index (χ0n) is 10.4. The number of pyridine rings is 1. The minimum Gasteiger partial charge on any atom is -0.371 e. The lowest BCUT2D eigenvalue weighted by Crippen LogP contribution is -2.14. The van der Waals surface area contributed by atoms with Gasteiger partial charge in [-0.2, -0.15) is 0 Å². The van der Waals surface area contributed by atoms with Crippen LogP contribution in [0.25, 0.3) is 0 Å². The second-order valence-corrected chi connectivity index (χ2v) is 5.37. The predicted octanol–water partition coefficient (Wildman–Crippen LogP) is 3.77. The van der Waals surface area contributed by atoms with Gasteiger partial charge in [-0.25, -0.2) is 9.37 Å². The Morgan fingerprint density at radius 2 is 2.00 bits per heavy atom. The van der Waals surface area contributed by atoms with Crippen LogP contribution in [0, 0.1) is 9.52 Å². The minimum atomic E-state index is -0.397. The summed E-state index contributed by atoms with van der Waals surface area (Å²) in [5, 5.41) is 5.92. The first-order valence-electron chi connectivity index (χ1n) is 5.62. The van der Waals surface area contributed by atoms with Crippen LogP contribution in [-0.2, 0) is 0 Å². The van der Waals surface area contributed by atoms with Crippen molar-refractivity contribution in [3.8, 4) is 0 Å². The van der Waals surface area contributed by atoms with Gasteiger partial charge in [-0.3, -0.25) is 4.79 Å². The van der Waals surface area contributed by atoms with Crippen molar-refractivity contribution in [1.82, 2.24) is 4.98 Å². The molecule has 104 valence electrons. The molecule has 0 bridgehead atoms. The van der Waals surface area contributed by atoms with E-state index in [1.165, 1.54) is 24.3 Å². The minimum absolute atomic E-state index is 0.336. The Morgan fingerprint density at radius 1 is 1.35 bits per heavy atom. The van der Waals surface area contributed by atoms with Crippen molar-refractivity contribution in [2.45, 2.75) is 0 Å². The molecule has 0 saturated carbocycles. The number of hydrogen-bond acceptors (Lipinski definition) is 3. The lowest BCUT2D eigenvalue weighted by atomic mass is 10.2. The van der Waals surface area contributed by atoms with E-state index in [1.807, 2.05) is 22.6 Å². The van der Waals surface area contributed by atoms with Crippen LogP contribution in [0.2, 0.25) is 5.02 Å². The molecular weight excluding hydrogens is 396 g/mol. The van der Waals surface area contributed by atoms with Crippen LogP contribution in [0.4, 0.5) is 15.9 Å². The number of amides is 1. The summed E-state index contributed by atoms with van der Waals surface area (Å²) >= 11 is 8.14. The monoisotopic (exact) mass is 405 g/mol. The Hall–Kier alpha value is -1.41. The third-order valence-electron chi connectivity index (χ3n) is 2.52. The summed E-state index contributed by atoms with van der Waals surface area (Å²) in [7, 11) is 1.68. The lowest BCUT2D eigenvalue weighted by Gasteiger charge is -2.12. The van der Waals surface area contributed by atoms with E-state index in [4.69, 9.17) is 11.6 Å². The van der Waals surface area contributed by atoms with Gasteiger partial charge in [0.05, 0.1) is 5.02 Å². The average molecular weight is 406 g/mol. The molecule has 2 N–H and O–H groups in total. The van der Waals surface area contributed by atoms with Gasteiger partial charge in [0.1, 0.15) is 15.2 Å². The van der Waals surface area contributed by atoms with Crippen molar-refractivity contribution in [2.75, 3.05) is 17.7 Å². The molecule has 1 heterocycles. The molecule has 0 aliphatic carbocycles. The van der Waals surface area contributed by atoms with Crippen LogP contribution in [0.5, 0.6) is 0 Å². The standard InChI is InChI=1S/C13H10ClFIN3O/c1-17-12-11(9(14)6-10(16)18-12)19-13(20)7-2-4-8(15)5-3-7/h2-6H,1H3,(H,17,18)(H,19,20). The van der Waals surface area contributed by atoms with Gasteiger partial charge in [0, 0.05) is 12.6 Å². The van der Waals surface area contributed by atoms with Crippen molar-refractivity contribution >= 4 is 51.6 Å². The van der Waals surface area contributed by atoms with E-state index in [1.54, 1.807) is 13.1 Å². The van der Waals surface area contributed by atoms with Crippen LogP contribution in [0.15, 0.2) is 30.3 Å². The normalized spacial score (nSPS) is 10.2. The number of carbonyl (C=O) groups is 1. The van der Waals surface area contributed by atoms with Crippen molar-refractivity contribution in [2.24, 2.45) is 0 Å². The van der Waals surface area contributed by atoms with E-state index in [0.717, 1.165) is 0 Å². The zero-order chi connectivity index (χ0) is 14.7. The number of carbonyl (C=O) groups excluding carboxylic acids is 1. The fourth-order valence-electron chi connectivity index (χ4n) is 1.57. The molecule has 0 aliphatic heterocycles. The number of benzene rings is 1. The Bertz CT molecular complexity index is 649. The summed E-state index contributed by atoms with van der Waals surface area (Å²) in [6.45, 7) is 0. The maximum Gasteiger partial charge on any atom is 0.255 e. The number of hydrogen-bond donors (Lipinski definition) is 2. The summed E-state index contributed by atoms with van der Waals surface area (Å²) in [5.74, 6) is -0.310. The van der Waals surface area contributed by atoms with Gasteiger partial charge < -0.3 is 10.6 Å². The molecule has 0 radical (unpaired) electrons. The summed E-state index contributed by atoms with van der Waals surface area (Å²) in [4.78, 5) is 16.3. The predicted molar refractivity (Wildman–Crippen MR) is 85.9 cm³/mol. The highest BCUT2D eigenvalue weighted by atomic mass is 127. The maximum atomic E-state index is 12.8. The molecule has 2 rings (SSSR count). The van der Waals surface area contributed by atoms with Crippen molar-refractivity contribution in [3.05, 3.63) is 50.4 Å². The third kappa shape index (κ3) is 3.37. The van der Waals surface area contributed by atoms with E-state index in [9.17, 15) is 9.18 Å². The second-order valence-electron chi connectivity index (χ2n) is 3.86. The number of halogens is 3. The van der Waals surface area contributed by atoms with Crippen molar-refractivity contribution in [1.29, 1.82) is 0 Å². The Balaban J connectivity index is 2.30. The van der Waals surface area contributed by atoms with Gasteiger partial charge in [-0.05, 0) is 52.9 Å². The van der Waals surface area contributed by atoms with E-state index >= 15 is 0 Å². The quantitative estimate of drug-likeness (QED) is 0.604. The van der Waals surface area contributed by atoms with E-state index in [2.05, 4.69) is 15.6 Å². The highest BCUT2D eigenvalue weighted by Crippen LogP contribution is 2.30. The third-order valence-corrected chi connectivity index (χ3v) is 3.37. The zero-order valence-corrected chi connectivity index (χ0v) is 13.3. The maximum absolute atomic E-state index is 12.8. The molecule has 0 saturated heterocycles. The molecule has 4 nitrogen and oxygen atoms in total. The molecule has 1 amide bonds. The average Bonchev–Trinajstić information content (AvgIpc) is 2.42. The van der Waals surface area contributed by atoms with Crippen LogP contribution in [0.3, 0.4) is 0 Å². The number of anilines is 2. The van der Waals surface area contributed by atoms with Crippen LogP contribution in [-0.4, -0.2) is 17.9 Å². The molecular formula is C13H10ClFIN3O. The van der Waals surface area contributed by atoms with Crippen LogP contribution >= 0.6 is 34.2 Å². The topological polar surface area (TPSA) is 54.0 Å². The van der Waals surface area contributed by atoms with E-state index in [-0.39, 0.29) is 5.91 Å². The first kappa shape index (κ1) is 15.0. The summed E-state index contributed by atoms with van der Waals surface area (Å²) in [5.41, 5.74) is 0.729. The Morgan fingerprint density at radius 3 is 2.60 bits per heavy atom. The fourth-order valence-corrected chi connectivity index (χ4v) is 2.55. The first-order chi connectivity index (χ1) is 9.51. The first-order valence-corrected chi connectivity index (χ1v) is 7.07.